The van der Waals surface area contributed by atoms with Gasteiger partial charge >= 0.3 is 0 Å². The lowest BCUT2D eigenvalue weighted by molar-refractivity contribution is 0.0946. The van der Waals surface area contributed by atoms with Crippen molar-refractivity contribution < 1.29 is 22.7 Å². The van der Waals surface area contributed by atoms with Crippen molar-refractivity contribution >= 4 is 21.6 Å². The Bertz CT molecular complexity index is 1190. The Morgan fingerprint density at radius 2 is 1.66 bits per heavy atom. The van der Waals surface area contributed by atoms with Gasteiger partial charge in [-0.05, 0) is 55.8 Å². The van der Waals surface area contributed by atoms with Gasteiger partial charge in [0.25, 0.3) is 15.9 Å². The second-order valence-electron chi connectivity index (χ2n) is 7.24. The van der Waals surface area contributed by atoms with Crippen LogP contribution in [0.5, 0.6) is 11.5 Å². The molecule has 0 atom stereocenters. The van der Waals surface area contributed by atoms with Crippen LogP contribution in [0.4, 0.5) is 5.69 Å². The average molecular weight is 455 g/mol. The molecule has 0 heterocycles. The minimum Gasteiger partial charge on any atom is -0.497 e. The fourth-order valence-corrected chi connectivity index (χ4v) is 4.32. The van der Waals surface area contributed by atoms with Crippen LogP contribution in [0, 0.1) is 13.8 Å². The molecule has 168 valence electrons. The number of carbonyl (C=O) groups excluding carboxylic acids is 1. The minimum atomic E-state index is -3.85. The molecule has 0 spiro atoms. The van der Waals surface area contributed by atoms with Gasteiger partial charge in [-0.25, -0.2) is 8.42 Å². The Morgan fingerprint density at radius 1 is 0.938 bits per heavy atom. The molecule has 3 rings (SSSR count). The molecule has 0 bridgehead atoms. The second-order valence-corrected chi connectivity index (χ2v) is 8.89. The van der Waals surface area contributed by atoms with Gasteiger partial charge in [0.2, 0.25) is 0 Å². The number of rotatable bonds is 9. The van der Waals surface area contributed by atoms with Crippen molar-refractivity contribution in [2.75, 3.05) is 25.0 Å². The van der Waals surface area contributed by atoms with Crippen molar-refractivity contribution in [3.63, 3.8) is 0 Å². The monoisotopic (exact) mass is 454 g/mol. The van der Waals surface area contributed by atoms with Crippen LogP contribution in [-0.4, -0.2) is 34.6 Å². The number of sulfonamides is 1. The molecule has 0 aliphatic carbocycles. The molecule has 3 aromatic carbocycles. The van der Waals surface area contributed by atoms with E-state index in [0.717, 1.165) is 5.56 Å². The van der Waals surface area contributed by atoms with Crippen molar-refractivity contribution in [1.29, 1.82) is 0 Å². The van der Waals surface area contributed by atoms with E-state index in [1.165, 1.54) is 6.07 Å². The number of ether oxygens (including phenoxy) is 2. The third kappa shape index (κ3) is 6.01. The molecule has 2 N–H and O–H groups in total. The Hall–Kier alpha value is -3.52. The number of carbonyl (C=O) groups is 1. The smallest absolute Gasteiger partial charge is 0.262 e. The standard InChI is InChI=1S/C24H26N2O5S/c1-17-7-11-20(12-8-17)26-32(28,29)23-15-19(10-9-18(23)2)24(27)25-13-14-31-22-6-4-5-21(16-22)30-3/h4-12,15-16,26H,13-14H2,1-3H3,(H,25,27). The molecule has 0 saturated heterocycles. The third-order valence-corrected chi connectivity index (χ3v) is 6.26. The van der Waals surface area contributed by atoms with E-state index in [0.29, 0.717) is 22.7 Å². The lowest BCUT2D eigenvalue weighted by atomic mass is 10.1. The highest BCUT2D eigenvalue weighted by Gasteiger charge is 2.19. The van der Waals surface area contributed by atoms with Crippen molar-refractivity contribution in [2.45, 2.75) is 18.7 Å². The number of amides is 1. The summed E-state index contributed by atoms with van der Waals surface area (Å²) in [7, 11) is -2.27. The molecule has 32 heavy (non-hydrogen) atoms. The Kier molecular flexibility index (Phi) is 7.37. The normalized spacial score (nSPS) is 11.0. The number of nitrogens with one attached hydrogen (secondary N) is 2. The zero-order chi connectivity index (χ0) is 23.1. The van der Waals surface area contributed by atoms with Crippen LogP contribution in [0.1, 0.15) is 21.5 Å². The Balaban J connectivity index is 1.63. The lowest BCUT2D eigenvalue weighted by Gasteiger charge is -2.13. The summed E-state index contributed by atoms with van der Waals surface area (Å²) in [4.78, 5) is 12.6. The van der Waals surface area contributed by atoms with Crippen molar-refractivity contribution in [3.05, 3.63) is 83.4 Å². The first-order valence-corrected chi connectivity index (χ1v) is 11.5. The summed E-state index contributed by atoms with van der Waals surface area (Å²) in [5.74, 6) is 0.926. The first-order chi connectivity index (χ1) is 15.3. The molecular weight excluding hydrogens is 428 g/mol. The van der Waals surface area contributed by atoms with E-state index >= 15 is 0 Å². The molecule has 0 aliphatic rings. The molecule has 0 fully saturated rings. The topological polar surface area (TPSA) is 93.7 Å². The molecule has 8 heteroatoms. The SMILES string of the molecule is COc1cccc(OCCNC(=O)c2ccc(C)c(S(=O)(=O)Nc3ccc(C)cc3)c2)c1. The maximum Gasteiger partial charge on any atom is 0.262 e. The van der Waals surface area contributed by atoms with E-state index in [2.05, 4.69) is 10.0 Å². The molecule has 0 aromatic heterocycles. The quantitative estimate of drug-likeness (QED) is 0.478. The van der Waals surface area contributed by atoms with Gasteiger partial charge in [0.05, 0.1) is 18.6 Å². The number of methoxy groups -OCH3 is 1. The van der Waals surface area contributed by atoms with Crippen LogP contribution in [-0.2, 0) is 10.0 Å². The number of hydrogen-bond acceptors (Lipinski definition) is 5. The summed E-state index contributed by atoms with van der Waals surface area (Å²) in [6.07, 6.45) is 0. The molecule has 0 radical (unpaired) electrons. The maximum absolute atomic E-state index is 12.9. The van der Waals surface area contributed by atoms with Crippen molar-refractivity contribution in [2.24, 2.45) is 0 Å². The van der Waals surface area contributed by atoms with E-state index in [1.54, 1.807) is 50.4 Å². The molecule has 3 aromatic rings. The Morgan fingerprint density at radius 3 is 2.38 bits per heavy atom. The minimum absolute atomic E-state index is 0.0540. The largest absolute Gasteiger partial charge is 0.497 e. The maximum atomic E-state index is 12.9. The van der Waals surface area contributed by atoms with E-state index in [-0.39, 0.29) is 29.5 Å². The highest BCUT2D eigenvalue weighted by Crippen LogP contribution is 2.21. The van der Waals surface area contributed by atoms with Crippen molar-refractivity contribution in [3.8, 4) is 11.5 Å². The van der Waals surface area contributed by atoms with E-state index < -0.39 is 10.0 Å². The Labute approximate surface area is 188 Å². The fraction of sp³-hybridized carbons (Fsp3) is 0.208. The highest BCUT2D eigenvalue weighted by molar-refractivity contribution is 7.92. The van der Waals surface area contributed by atoms with Gasteiger partial charge in [0, 0.05) is 17.3 Å². The number of hydrogen-bond donors (Lipinski definition) is 2. The molecule has 0 unspecified atom stereocenters. The summed E-state index contributed by atoms with van der Waals surface area (Å²) >= 11 is 0. The van der Waals surface area contributed by atoms with Gasteiger partial charge in [-0.15, -0.1) is 0 Å². The van der Waals surface area contributed by atoms with Crippen LogP contribution in [0.25, 0.3) is 0 Å². The van der Waals surface area contributed by atoms with Gasteiger partial charge < -0.3 is 14.8 Å². The molecular formula is C24H26N2O5S. The summed E-state index contributed by atoms with van der Waals surface area (Å²) < 4.78 is 39.1. The number of aryl methyl sites for hydroxylation is 2. The first-order valence-electron chi connectivity index (χ1n) is 10.0. The van der Waals surface area contributed by atoms with Crippen LogP contribution in [0.2, 0.25) is 0 Å². The molecule has 0 aliphatic heterocycles. The number of benzene rings is 3. The predicted molar refractivity (Wildman–Crippen MR) is 124 cm³/mol. The van der Waals surface area contributed by atoms with Gasteiger partial charge in [-0.3, -0.25) is 9.52 Å². The summed E-state index contributed by atoms with van der Waals surface area (Å²) in [5.41, 5.74) is 2.28. The van der Waals surface area contributed by atoms with E-state index in [4.69, 9.17) is 9.47 Å². The lowest BCUT2D eigenvalue weighted by Crippen LogP contribution is -2.28. The van der Waals surface area contributed by atoms with E-state index in [9.17, 15) is 13.2 Å². The average Bonchev–Trinajstić information content (AvgIpc) is 2.78. The molecule has 1 amide bonds. The summed E-state index contributed by atoms with van der Waals surface area (Å²) in [5, 5.41) is 2.74. The summed E-state index contributed by atoms with van der Waals surface area (Å²) in [6.45, 7) is 4.12. The van der Waals surface area contributed by atoms with Gasteiger partial charge in [0.1, 0.15) is 18.1 Å². The zero-order valence-corrected chi connectivity index (χ0v) is 19.0. The van der Waals surface area contributed by atoms with Crippen LogP contribution < -0.4 is 19.5 Å². The molecule has 0 saturated carbocycles. The summed E-state index contributed by atoms with van der Waals surface area (Å²) in [6, 6.07) is 18.8. The van der Waals surface area contributed by atoms with Gasteiger partial charge in [-0.2, -0.15) is 0 Å². The first kappa shape index (κ1) is 23.1. The van der Waals surface area contributed by atoms with E-state index in [1.807, 2.05) is 31.2 Å². The number of anilines is 1. The second kappa shape index (κ2) is 10.2. The predicted octanol–water partition coefficient (Wildman–Crippen LogP) is 3.92. The van der Waals surface area contributed by atoms with Gasteiger partial charge in [0.15, 0.2) is 0 Å². The van der Waals surface area contributed by atoms with Gasteiger partial charge in [-0.1, -0.05) is 29.8 Å². The van der Waals surface area contributed by atoms with Crippen LogP contribution in [0.3, 0.4) is 0 Å². The fourth-order valence-electron chi connectivity index (χ4n) is 2.99. The van der Waals surface area contributed by atoms with Crippen LogP contribution in [0.15, 0.2) is 71.6 Å². The molecule has 7 nitrogen and oxygen atoms in total. The van der Waals surface area contributed by atoms with Crippen LogP contribution >= 0.6 is 0 Å². The zero-order valence-electron chi connectivity index (χ0n) is 18.2. The third-order valence-electron chi connectivity index (χ3n) is 4.74. The highest BCUT2D eigenvalue weighted by atomic mass is 32.2. The van der Waals surface area contributed by atoms with Crippen molar-refractivity contribution in [1.82, 2.24) is 5.32 Å².